The van der Waals surface area contributed by atoms with Crippen molar-refractivity contribution in [2.75, 3.05) is 0 Å². The van der Waals surface area contributed by atoms with E-state index in [4.69, 9.17) is 0 Å². The van der Waals surface area contributed by atoms with Gasteiger partial charge in [0.15, 0.2) is 0 Å². The van der Waals surface area contributed by atoms with Crippen LogP contribution in [0.4, 0.5) is 5.69 Å². The van der Waals surface area contributed by atoms with Crippen molar-refractivity contribution in [2.45, 2.75) is 26.2 Å². The average molecular weight is 248 g/mol. The Hall–Kier alpha value is -2.17. The van der Waals surface area contributed by atoms with Crippen LogP contribution in [0.15, 0.2) is 36.5 Å². The maximum Gasteiger partial charge on any atom is 0.269 e. The number of nitrogens with zero attached hydrogens (tertiary/aromatic N) is 1. The SMILES string of the molecule is CCCC/C=C/NC(=O)c1ccc([N+](=O)[O-])cc1. The van der Waals surface area contributed by atoms with E-state index in [-0.39, 0.29) is 11.6 Å². The molecule has 0 aromatic heterocycles. The fraction of sp³-hybridized carbons (Fsp3) is 0.308. The van der Waals surface area contributed by atoms with Crippen molar-refractivity contribution in [1.82, 2.24) is 5.32 Å². The molecule has 0 heterocycles. The number of rotatable bonds is 6. The zero-order chi connectivity index (χ0) is 13.4. The lowest BCUT2D eigenvalue weighted by Crippen LogP contribution is -2.16. The molecule has 1 aromatic carbocycles. The van der Waals surface area contributed by atoms with E-state index in [0.29, 0.717) is 5.56 Å². The summed E-state index contributed by atoms with van der Waals surface area (Å²) in [5.74, 6) is -0.266. The quantitative estimate of drug-likeness (QED) is 0.477. The Balaban J connectivity index is 2.51. The highest BCUT2D eigenvalue weighted by atomic mass is 16.6. The number of carbonyl (C=O) groups is 1. The van der Waals surface area contributed by atoms with Crippen LogP contribution in [-0.2, 0) is 0 Å². The van der Waals surface area contributed by atoms with Gasteiger partial charge in [-0.15, -0.1) is 0 Å². The minimum atomic E-state index is -0.494. The monoisotopic (exact) mass is 248 g/mol. The summed E-state index contributed by atoms with van der Waals surface area (Å²) in [5.41, 5.74) is 0.380. The van der Waals surface area contributed by atoms with Gasteiger partial charge < -0.3 is 5.32 Å². The summed E-state index contributed by atoms with van der Waals surface area (Å²) in [6.45, 7) is 2.10. The Bertz CT molecular complexity index is 438. The normalized spacial score (nSPS) is 10.5. The predicted molar refractivity (Wildman–Crippen MR) is 69.2 cm³/mol. The highest BCUT2D eigenvalue weighted by Gasteiger charge is 2.07. The second kappa shape index (κ2) is 7.21. The summed E-state index contributed by atoms with van der Waals surface area (Å²) < 4.78 is 0. The van der Waals surface area contributed by atoms with Crippen LogP contribution in [0.5, 0.6) is 0 Å². The number of benzene rings is 1. The van der Waals surface area contributed by atoms with E-state index in [0.717, 1.165) is 19.3 Å². The Kier molecular flexibility index (Phi) is 5.57. The van der Waals surface area contributed by atoms with Crippen LogP contribution in [0.3, 0.4) is 0 Å². The molecule has 0 aliphatic heterocycles. The summed E-state index contributed by atoms with van der Waals surface area (Å²) in [7, 11) is 0. The number of nitro benzene ring substituents is 1. The topological polar surface area (TPSA) is 72.2 Å². The molecule has 5 nitrogen and oxygen atoms in total. The molecular weight excluding hydrogens is 232 g/mol. The van der Waals surface area contributed by atoms with Gasteiger partial charge in [-0.1, -0.05) is 25.8 Å². The van der Waals surface area contributed by atoms with Crippen LogP contribution in [-0.4, -0.2) is 10.8 Å². The van der Waals surface area contributed by atoms with E-state index >= 15 is 0 Å². The molecule has 0 fully saturated rings. The van der Waals surface area contributed by atoms with Crippen LogP contribution >= 0.6 is 0 Å². The molecular formula is C13H16N2O3. The van der Waals surface area contributed by atoms with Crippen LogP contribution < -0.4 is 5.32 Å². The van der Waals surface area contributed by atoms with Gasteiger partial charge in [0.1, 0.15) is 0 Å². The summed E-state index contributed by atoms with van der Waals surface area (Å²) in [6.07, 6.45) is 6.63. The molecule has 0 saturated carbocycles. The fourth-order valence-electron chi connectivity index (χ4n) is 1.36. The lowest BCUT2D eigenvalue weighted by molar-refractivity contribution is -0.384. The van der Waals surface area contributed by atoms with E-state index in [1.807, 2.05) is 6.08 Å². The summed E-state index contributed by atoms with van der Waals surface area (Å²) in [6, 6.07) is 5.51. The van der Waals surface area contributed by atoms with Crippen LogP contribution in [0.25, 0.3) is 0 Å². The third-order valence-electron chi connectivity index (χ3n) is 2.40. The van der Waals surface area contributed by atoms with Gasteiger partial charge >= 0.3 is 0 Å². The largest absolute Gasteiger partial charge is 0.329 e. The van der Waals surface area contributed by atoms with Gasteiger partial charge in [-0.3, -0.25) is 14.9 Å². The Labute approximate surface area is 106 Å². The standard InChI is InChI=1S/C13H16N2O3/c1-2-3-4-5-10-14-13(16)11-6-8-12(9-7-11)15(17)18/h5-10H,2-4H2,1H3,(H,14,16)/b10-5+. The molecule has 0 aliphatic carbocycles. The molecule has 0 aliphatic rings. The molecule has 18 heavy (non-hydrogen) atoms. The number of amides is 1. The average Bonchev–Trinajstić information content (AvgIpc) is 2.38. The number of hydrogen-bond acceptors (Lipinski definition) is 3. The molecule has 1 rings (SSSR count). The van der Waals surface area contributed by atoms with Crippen molar-refractivity contribution in [3.05, 3.63) is 52.2 Å². The van der Waals surface area contributed by atoms with Crippen molar-refractivity contribution >= 4 is 11.6 Å². The van der Waals surface area contributed by atoms with Gasteiger partial charge in [-0.2, -0.15) is 0 Å². The number of carbonyl (C=O) groups excluding carboxylic acids is 1. The first-order chi connectivity index (χ1) is 8.65. The Morgan fingerprint density at radius 1 is 1.39 bits per heavy atom. The van der Waals surface area contributed by atoms with Gasteiger partial charge in [0.2, 0.25) is 0 Å². The van der Waals surface area contributed by atoms with Crippen molar-refractivity contribution in [1.29, 1.82) is 0 Å². The number of allylic oxidation sites excluding steroid dienone is 1. The third kappa shape index (κ3) is 4.37. The number of non-ortho nitro benzene ring substituents is 1. The van der Waals surface area contributed by atoms with E-state index in [1.165, 1.54) is 24.3 Å². The predicted octanol–water partition coefficient (Wildman–Crippen LogP) is 3.03. The van der Waals surface area contributed by atoms with E-state index in [2.05, 4.69) is 12.2 Å². The van der Waals surface area contributed by atoms with Gasteiger partial charge in [-0.05, 0) is 18.6 Å². The maximum atomic E-state index is 11.6. The van der Waals surface area contributed by atoms with Gasteiger partial charge in [-0.25, -0.2) is 0 Å². The number of nitrogens with one attached hydrogen (secondary N) is 1. The molecule has 1 amide bonds. The number of nitro groups is 1. The van der Waals surface area contributed by atoms with Crippen LogP contribution in [0.2, 0.25) is 0 Å². The Morgan fingerprint density at radius 2 is 2.06 bits per heavy atom. The van der Waals surface area contributed by atoms with Crippen LogP contribution in [0, 0.1) is 10.1 Å². The van der Waals surface area contributed by atoms with Crippen LogP contribution in [0.1, 0.15) is 36.5 Å². The van der Waals surface area contributed by atoms with Gasteiger partial charge in [0.05, 0.1) is 4.92 Å². The second-order valence-corrected chi connectivity index (χ2v) is 3.82. The van der Waals surface area contributed by atoms with Gasteiger partial charge in [0.25, 0.3) is 11.6 Å². The molecule has 96 valence electrons. The minimum absolute atomic E-state index is 0.0231. The second-order valence-electron chi connectivity index (χ2n) is 3.82. The van der Waals surface area contributed by atoms with Crippen molar-refractivity contribution in [3.8, 4) is 0 Å². The van der Waals surface area contributed by atoms with E-state index in [9.17, 15) is 14.9 Å². The van der Waals surface area contributed by atoms with Crippen molar-refractivity contribution in [3.63, 3.8) is 0 Å². The maximum absolute atomic E-state index is 11.6. The number of unbranched alkanes of at least 4 members (excludes halogenated alkanes) is 2. The molecule has 0 unspecified atom stereocenters. The van der Waals surface area contributed by atoms with E-state index in [1.54, 1.807) is 6.20 Å². The first kappa shape index (κ1) is 13.9. The van der Waals surface area contributed by atoms with Crippen molar-refractivity contribution in [2.24, 2.45) is 0 Å². The summed E-state index contributed by atoms with van der Waals surface area (Å²) in [5, 5.41) is 13.1. The lowest BCUT2D eigenvalue weighted by Gasteiger charge is -1.99. The molecule has 0 bridgehead atoms. The van der Waals surface area contributed by atoms with E-state index < -0.39 is 4.92 Å². The Morgan fingerprint density at radius 3 is 2.61 bits per heavy atom. The fourth-order valence-corrected chi connectivity index (χ4v) is 1.36. The third-order valence-corrected chi connectivity index (χ3v) is 2.40. The highest BCUT2D eigenvalue weighted by Crippen LogP contribution is 2.11. The first-order valence-corrected chi connectivity index (χ1v) is 5.85. The molecule has 0 radical (unpaired) electrons. The zero-order valence-corrected chi connectivity index (χ0v) is 10.3. The number of hydrogen-bond donors (Lipinski definition) is 1. The zero-order valence-electron chi connectivity index (χ0n) is 10.3. The molecule has 1 N–H and O–H groups in total. The van der Waals surface area contributed by atoms with Gasteiger partial charge in [0, 0.05) is 23.9 Å². The molecule has 0 saturated heterocycles. The smallest absolute Gasteiger partial charge is 0.269 e. The summed E-state index contributed by atoms with van der Waals surface area (Å²) in [4.78, 5) is 21.6. The lowest BCUT2D eigenvalue weighted by atomic mass is 10.2. The molecule has 0 spiro atoms. The highest BCUT2D eigenvalue weighted by molar-refractivity contribution is 5.94. The molecule has 1 aromatic rings. The first-order valence-electron chi connectivity index (χ1n) is 5.85. The minimum Gasteiger partial charge on any atom is -0.329 e. The molecule has 5 heteroatoms. The molecule has 0 atom stereocenters. The van der Waals surface area contributed by atoms with Crippen molar-refractivity contribution < 1.29 is 9.72 Å². The summed E-state index contributed by atoms with van der Waals surface area (Å²) >= 11 is 0.